The van der Waals surface area contributed by atoms with Crippen molar-refractivity contribution in [3.8, 4) is 0 Å². The molecule has 0 amide bonds. The average Bonchev–Trinajstić information content (AvgIpc) is 2.09. The summed E-state index contributed by atoms with van der Waals surface area (Å²) in [5.74, 6) is 0.667. The molecule has 0 fully saturated rings. The van der Waals surface area contributed by atoms with Gasteiger partial charge in [0.1, 0.15) is 0 Å². The zero-order valence-corrected chi connectivity index (χ0v) is 11.3. The van der Waals surface area contributed by atoms with Gasteiger partial charge in [-0.2, -0.15) is 0 Å². The molecular weight excluding hydrogens is 196 g/mol. The molecule has 0 aromatic rings. The lowest BCUT2D eigenvalue weighted by atomic mass is 9.88. The van der Waals surface area contributed by atoms with E-state index in [4.69, 9.17) is 4.74 Å². The summed E-state index contributed by atoms with van der Waals surface area (Å²) in [5.41, 5.74) is 0.297. The lowest BCUT2D eigenvalue weighted by Gasteiger charge is -2.25. The number of ether oxygens (including phenoxy) is 1. The third-order valence-electron chi connectivity index (χ3n) is 2.32. The standard InChI is InChI=1S/C14H28O.CH4/c1-12(2)9-7-8-10-14(5,6)11-15-13(3)4;/h7,9,12-13H,8,10-11H2,1-6H3;1H4/b9-7+;. The quantitative estimate of drug-likeness (QED) is 0.553. The molecule has 0 aromatic heterocycles. The fourth-order valence-corrected chi connectivity index (χ4v) is 1.31. The second kappa shape index (κ2) is 8.81. The Labute approximate surface area is 103 Å². The number of allylic oxidation sites excluding steroid dienone is 2. The molecule has 0 saturated carbocycles. The summed E-state index contributed by atoms with van der Waals surface area (Å²) >= 11 is 0. The predicted octanol–water partition coefficient (Wildman–Crippen LogP) is 5.07. The first-order valence-corrected chi connectivity index (χ1v) is 6.12. The molecule has 0 bridgehead atoms. The van der Waals surface area contributed by atoms with E-state index in [1.54, 1.807) is 0 Å². The first-order valence-electron chi connectivity index (χ1n) is 6.12. The first kappa shape index (κ1) is 18.1. The van der Waals surface area contributed by atoms with Gasteiger partial charge in [0, 0.05) is 0 Å². The molecular formula is C15H32O. The van der Waals surface area contributed by atoms with Crippen molar-refractivity contribution in [1.82, 2.24) is 0 Å². The van der Waals surface area contributed by atoms with Crippen LogP contribution in [0.3, 0.4) is 0 Å². The molecule has 0 spiro atoms. The normalized spacial score (nSPS) is 12.5. The van der Waals surface area contributed by atoms with Gasteiger partial charge in [0.25, 0.3) is 0 Å². The van der Waals surface area contributed by atoms with Gasteiger partial charge >= 0.3 is 0 Å². The molecule has 0 N–H and O–H groups in total. The van der Waals surface area contributed by atoms with Crippen molar-refractivity contribution in [2.24, 2.45) is 11.3 Å². The van der Waals surface area contributed by atoms with Crippen molar-refractivity contribution in [2.75, 3.05) is 6.61 Å². The second-order valence-corrected chi connectivity index (χ2v) is 5.73. The summed E-state index contributed by atoms with van der Waals surface area (Å²) in [6.07, 6.45) is 7.27. The Hall–Kier alpha value is -0.300. The van der Waals surface area contributed by atoms with E-state index < -0.39 is 0 Å². The highest BCUT2D eigenvalue weighted by Crippen LogP contribution is 2.23. The molecule has 0 saturated heterocycles. The van der Waals surface area contributed by atoms with Crippen molar-refractivity contribution >= 4 is 0 Å². The Morgan fingerprint density at radius 1 is 1.12 bits per heavy atom. The van der Waals surface area contributed by atoms with Crippen LogP contribution in [0, 0.1) is 11.3 Å². The van der Waals surface area contributed by atoms with Crippen molar-refractivity contribution in [1.29, 1.82) is 0 Å². The lowest BCUT2D eigenvalue weighted by Crippen LogP contribution is -2.21. The lowest BCUT2D eigenvalue weighted by molar-refractivity contribution is 0.0186. The van der Waals surface area contributed by atoms with Crippen molar-refractivity contribution in [3.63, 3.8) is 0 Å². The Balaban J connectivity index is 0. The molecule has 0 aromatic carbocycles. The van der Waals surface area contributed by atoms with Gasteiger partial charge in [-0.3, -0.25) is 0 Å². The van der Waals surface area contributed by atoms with E-state index in [2.05, 4.69) is 53.7 Å². The SMILES string of the molecule is C.CC(C)/C=C/CCC(C)(C)COC(C)C. The van der Waals surface area contributed by atoms with Gasteiger partial charge in [0.15, 0.2) is 0 Å². The minimum atomic E-state index is 0. The van der Waals surface area contributed by atoms with Crippen LogP contribution in [0.5, 0.6) is 0 Å². The molecule has 0 heterocycles. The van der Waals surface area contributed by atoms with Crippen LogP contribution in [-0.4, -0.2) is 12.7 Å². The molecule has 0 rings (SSSR count). The van der Waals surface area contributed by atoms with Crippen LogP contribution in [-0.2, 0) is 4.74 Å². The van der Waals surface area contributed by atoms with Crippen LogP contribution < -0.4 is 0 Å². The summed E-state index contributed by atoms with van der Waals surface area (Å²) in [4.78, 5) is 0. The zero-order chi connectivity index (χ0) is 11.9. The fourth-order valence-electron chi connectivity index (χ4n) is 1.31. The maximum absolute atomic E-state index is 5.66. The van der Waals surface area contributed by atoms with Gasteiger partial charge in [-0.1, -0.05) is 47.3 Å². The average molecular weight is 228 g/mol. The zero-order valence-electron chi connectivity index (χ0n) is 11.3. The van der Waals surface area contributed by atoms with Crippen molar-refractivity contribution in [3.05, 3.63) is 12.2 Å². The highest BCUT2D eigenvalue weighted by molar-refractivity contribution is 4.86. The van der Waals surface area contributed by atoms with E-state index >= 15 is 0 Å². The first-order chi connectivity index (χ1) is 6.83. The minimum Gasteiger partial charge on any atom is -0.378 e. The van der Waals surface area contributed by atoms with Gasteiger partial charge < -0.3 is 4.74 Å². The summed E-state index contributed by atoms with van der Waals surface area (Å²) in [6.45, 7) is 14.0. The van der Waals surface area contributed by atoms with Crippen molar-refractivity contribution in [2.45, 2.75) is 67.9 Å². The Morgan fingerprint density at radius 2 is 1.69 bits per heavy atom. The van der Waals surface area contributed by atoms with Gasteiger partial charge in [0.05, 0.1) is 12.7 Å². The molecule has 0 aliphatic heterocycles. The van der Waals surface area contributed by atoms with Crippen LogP contribution >= 0.6 is 0 Å². The van der Waals surface area contributed by atoms with Gasteiger partial charge in [0.2, 0.25) is 0 Å². The third-order valence-corrected chi connectivity index (χ3v) is 2.32. The third kappa shape index (κ3) is 11.8. The predicted molar refractivity (Wildman–Crippen MR) is 74.8 cm³/mol. The molecule has 0 aliphatic rings. The van der Waals surface area contributed by atoms with E-state index in [0.717, 1.165) is 13.0 Å². The van der Waals surface area contributed by atoms with Crippen LogP contribution in [0.25, 0.3) is 0 Å². The Kier molecular flexibility index (Phi) is 9.95. The van der Waals surface area contributed by atoms with Crippen LogP contribution in [0.1, 0.15) is 61.8 Å². The van der Waals surface area contributed by atoms with Crippen LogP contribution in [0.15, 0.2) is 12.2 Å². The van der Waals surface area contributed by atoms with E-state index in [9.17, 15) is 0 Å². The minimum absolute atomic E-state index is 0. The second-order valence-electron chi connectivity index (χ2n) is 5.73. The monoisotopic (exact) mass is 228 g/mol. The van der Waals surface area contributed by atoms with E-state index in [1.165, 1.54) is 6.42 Å². The molecule has 0 aliphatic carbocycles. The summed E-state index contributed by atoms with van der Waals surface area (Å²) < 4.78 is 5.66. The van der Waals surface area contributed by atoms with Gasteiger partial charge in [-0.15, -0.1) is 0 Å². The fraction of sp³-hybridized carbons (Fsp3) is 0.867. The van der Waals surface area contributed by atoms with Crippen LogP contribution in [0.2, 0.25) is 0 Å². The highest BCUT2D eigenvalue weighted by Gasteiger charge is 2.17. The van der Waals surface area contributed by atoms with E-state index in [-0.39, 0.29) is 7.43 Å². The Bertz CT molecular complexity index is 178. The molecule has 1 heteroatoms. The van der Waals surface area contributed by atoms with Gasteiger partial charge in [-0.25, -0.2) is 0 Å². The maximum atomic E-state index is 5.66. The number of hydrogen-bond acceptors (Lipinski definition) is 1. The molecule has 0 unspecified atom stereocenters. The maximum Gasteiger partial charge on any atom is 0.0520 e. The summed E-state index contributed by atoms with van der Waals surface area (Å²) in [6, 6.07) is 0. The van der Waals surface area contributed by atoms with Crippen molar-refractivity contribution < 1.29 is 4.74 Å². The molecule has 1 nitrogen and oxygen atoms in total. The smallest absolute Gasteiger partial charge is 0.0520 e. The van der Waals surface area contributed by atoms with E-state index in [1.807, 2.05) is 0 Å². The molecule has 16 heavy (non-hydrogen) atoms. The largest absolute Gasteiger partial charge is 0.378 e. The topological polar surface area (TPSA) is 9.23 Å². The van der Waals surface area contributed by atoms with E-state index in [0.29, 0.717) is 17.4 Å². The van der Waals surface area contributed by atoms with Gasteiger partial charge in [-0.05, 0) is 38.0 Å². The summed E-state index contributed by atoms with van der Waals surface area (Å²) in [5, 5.41) is 0. The van der Waals surface area contributed by atoms with Crippen LogP contribution in [0.4, 0.5) is 0 Å². The molecule has 98 valence electrons. The highest BCUT2D eigenvalue weighted by atomic mass is 16.5. The number of hydrogen-bond donors (Lipinski definition) is 0. The molecule has 0 radical (unpaired) electrons. The summed E-state index contributed by atoms with van der Waals surface area (Å²) in [7, 11) is 0. The Morgan fingerprint density at radius 3 is 2.12 bits per heavy atom. The number of rotatable bonds is 7. The molecule has 0 atom stereocenters.